The van der Waals surface area contributed by atoms with Crippen LogP contribution in [0.5, 0.6) is 0 Å². The second-order valence-electron chi connectivity index (χ2n) is 8.69. The molecule has 4 heterocycles. The molecular formula is C26H31N7O2. The first-order valence-electron chi connectivity index (χ1n) is 11.9. The van der Waals surface area contributed by atoms with Gasteiger partial charge in [-0.05, 0) is 56.4 Å². The molecule has 1 saturated heterocycles. The number of hydrogen-bond acceptors (Lipinski definition) is 7. The van der Waals surface area contributed by atoms with Gasteiger partial charge in [-0.2, -0.15) is 0 Å². The molecule has 0 aromatic carbocycles. The Hall–Kier alpha value is -3.69. The van der Waals surface area contributed by atoms with E-state index in [-0.39, 0.29) is 11.8 Å². The number of carbonyl (C=O) groups is 2. The monoisotopic (exact) mass is 473 g/mol. The van der Waals surface area contributed by atoms with Crippen molar-refractivity contribution < 1.29 is 9.59 Å². The third-order valence-corrected chi connectivity index (χ3v) is 5.99. The van der Waals surface area contributed by atoms with E-state index in [9.17, 15) is 9.59 Å². The lowest BCUT2D eigenvalue weighted by atomic mass is 10.1. The van der Waals surface area contributed by atoms with Crippen LogP contribution in [-0.4, -0.2) is 82.9 Å². The number of nitrogens with one attached hydrogen (secondary N) is 2. The fourth-order valence-electron chi connectivity index (χ4n) is 3.93. The summed E-state index contributed by atoms with van der Waals surface area (Å²) in [7, 11) is 2.15. The number of likely N-dealkylation sites (N-methyl/N-ethyl adjacent to an activating group) is 1. The summed E-state index contributed by atoms with van der Waals surface area (Å²) in [6.07, 6.45) is 7.82. The number of piperazine rings is 1. The first-order valence-corrected chi connectivity index (χ1v) is 11.9. The summed E-state index contributed by atoms with van der Waals surface area (Å²) in [6, 6.07) is 10.4. The molecule has 0 aliphatic carbocycles. The number of aromatic nitrogens is 3. The number of pyridine rings is 3. The highest BCUT2D eigenvalue weighted by Gasteiger charge is 2.14. The van der Waals surface area contributed by atoms with Crippen LogP contribution in [0.25, 0.3) is 0 Å². The topological polar surface area (TPSA) is 103 Å². The molecule has 0 spiro atoms. The molecule has 3 aromatic heterocycles. The maximum atomic E-state index is 12.6. The van der Waals surface area contributed by atoms with Crippen molar-refractivity contribution in [2.24, 2.45) is 0 Å². The van der Waals surface area contributed by atoms with Crippen LogP contribution in [0, 0.1) is 0 Å². The lowest BCUT2D eigenvalue weighted by molar-refractivity contribution is 0.0948. The fourth-order valence-corrected chi connectivity index (χ4v) is 3.93. The SMILES string of the molecule is CN1CCN(CCCNC(=O)c2ccnc(Cc3cc(C(=O)Nc4ccncc4)ccn3)c2)CC1. The smallest absolute Gasteiger partial charge is 0.255 e. The molecular weight excluding hydrogens is 442 g/mol. The Bertz CT molecular complexity index is 1130. The van der Waals surface area contributed by atoms with Crippen molar-refractivity contribution in [2.45, 2.75) is 12.8 Å². The Morgan fingerprint density at radius 3 is 2.14 bits per heavy atom. The fraction of sp³-hybridized carbons (Fsp3) is 0.346. The molecule has 1 fully saturated rings. The number of hydrogen-bond donors (Lipinski definition) is 2. The van der Waals surface area contributed by atoms with Crippen molar-refractivity contribution in [3.63, 3.8) is 0 Å². The molecule has 2 N–H and O–H groups in total. The van der Waals surface area contributed by atoms with E-state index in [4.69, 9.17) is 0 Å². The van der Waals surface area contributed by atoms with Crippen molar-refractivity contribution in [2.75, 3.05) is 51.6 Å². The maximum Gasteiger partial charge on any atom is 0.255 e. The van der Waals surface area contributed by atoms with Gasteiger partial charge in [-0.3, -0.25) is 24.5 Å². The third-order valence-electron chi connectivity index (χ3n) is 5.99. The van der Waals surface area contributed by atoms with Gasteiger partial charge in [0.25, 0.3) is 11.8 Å². The minimum absolute atomic E-state index is 0.106. The number of rotatable bonds is 9. The molecule has 2 amide bonds. The second kappa shape index (κ2) is 12.1. The molecule has 0 radical (unpaired) electrons. The van der Waals surface area contributed by atoms with E-state index in [0.717, 1.165) is 39.1 Å². The Morgan fingerprint density at radius 1 is 0.857 bits per heavy atom. The maximum absolute atomic E-state index is 12.6. The first kappa shape index (κ1) is 24.4. The van der Waals surface area contributed by atoms with Crippen LogP contribution in [0.15, 0.2) is 61.2 Å². The largest absolute Gasteiger partial charge is 0.352 e. The summed E-state index contributed by atoms with van der Waals surface area (Å²) in [6.45, 7) is 5.99. The highest BCUT2D eigenvalue weighted by atomic mass is 16.2. The quantitative estimate of drug-likeness (QED) is 0.459. The predicted molar refractivity (Wildman–Crippen MR) is 134 cm³/mol. The van der Waals surface area contributed by atoms with Gasteiger partial charge in [0.2, 0.25) is 0 Å². The Morgan fingerprint density at radius 2 is 1.49 bits per heavy atom. The van der Waals surface area contributed by atoms with Crippen molar-refractivity contribution in [3.05, 3.63) is 83.7 Å². The van der Waals surface area contributed by atoms with Crippen molar-refractivity contribution >= 4 is 17.5 Å². The summed E-state index contributed by atoms with van der Waals surface area (Å²) < 4.78 is 0. The van der Waals surface area contributed by atoms with E-state index in [1.165, 1.54) is 0 Å². The van der Waals surface area contributed by atoms with Crippen LogP contribution in [0.1, 0.15) is 38.5 Å². The van der Waals surface area contributed by atoms with Gasteiger partial charge in [0.05, 0.1) is 0 Å². The minimum Gasteiger partial charge on any atom is -0.352 e. The molecule has 35 heavy (non-hydrogen) atoms. The van der Waals surface area contributed by atoms with Gasteiger partial charge < -0.3 is 20.4 Å². The molecule has 4 rings (SSSR count). The van der Waals surface area contributed by atoms with E-state index >= 15 is 0 Å². The van der Waals surface area contributed by atoms with Gasteiger partial charge in [-0.15, -0.1) is 0 Å². The molecule has 0 bridgehead atoms. The number of nitrogens with zero attached hydrogens (tertiary/aromatic N) is 5. The van der Waals surface area contributed by atoms with Crippen LogP contribution in [0.3, 0.4) is 0 Å². The molecule has 0 atom stereocenters. The summed E-state index contributed by atoms with van der Waals surface area (Å²) in [5, 5.41) is 5.85. The van der Waals surface area contributed by atoms with Crippen LogP contribution in [0.4, 0.5) is 5.69 Å². The van der Waals surface area contributed by atoms with E-state index in [2.05, 4.69) is 42.4 Å². The van der Waals surface area contributed by atoms with Gasteiger partial charge in [0, 0.05) is 92.1 Å². The van der Waals surface area contributed by atoms with E-state index in [0.29, 0.717) is 41.2 Å². The third kappa shape index (κ3) is 7.40. The lowest BCUT2D eigenvalue weighted by Gasteiger charge is -2.32. The second-order valence-corrected chi connectivity index (χ2v) is 8.69. The van der Waals surface area contributed by atoms with Gasteiger partial charge >= 0.3 is 0 Å². The van der Waals surface area contributed by atoms with Gasteiger partial charge in [0.15, 0.2) is 0 Å². The number of amides is 2. The van der Waals surface area contributed by atoms with Crippen molar-refractivity contribution in [1.29, 1.82) is 0 Å². The molecule has 1 aliphatic heterocycles. The van der Waals surface area contributed by atoms with Gasteiger partial charge in [-0.25, -0.2) is 0 Å². The van der Waals surface area contributed by atoms with Crippen molar-refractivity contribution in [3.8, 4) is 0 Å². The van der Waals surface area contributed by atoms with Crippen LogP contribution >= 0.6 is 0 Å². The van der Waals surface area contributed by atoms with E-state index in [1.807, 2.05) is 0 Å². The first-order chi connectivity index (χ1) is 17.1. The van der Waals surface area contributed by atoms with Gasteiger partial charge in [0.1, 0.15) is 0 Å². The van der Waals surface area contributed by atoms with Crippen LogP contribution in [0.2, 0.25) is 0 Å². The van der Waals surface area contributed by atoms with Crippen molar-refractivity contribution in [1.82, 2.24) is 30.1 Å². The Kier molecular flexibility index (Phi) is 8.48. The molecule has 9 nitrogen and oxygen atoms in total. The zero-order chi connectivity index (χ0) is 24.5. The van der Waals surface area contributed by atoms with E-state index < -0.39 is 0 Å². The van der Waals surface area contributed by atoms with E-state index in [1.54, 1.807) is 61.2 Å². The average Bonchev–Trinajstić information content (AvgIpc) is 2.88. The van der Waals surface area contributed by atoms with Crippen LogP contribution in [-0.2, 0) is 6.42 Å². The Labute approximate surface area is 205 Å². The van der Waals surface area contributed by atoms with Gasteiger partial charge in [-0.1, -0.05) is 0 Å². The predicted octanol–water partition coefficient (Wildman–Crippen LogP) is 2.08. The summed E-state index contributed by atoms with van der Waals surface area (Å²) in [5.41, 5.74) is 3.16. The highest BCUT2D eigenvalue weighted by molar-refractivity contribution is 6.04. The lowest BCUT2D eigenvalue weighted by Crippen LogP contribution is -2.45. The normalized spacial score (nSPS) is 14.4. The standard InChI is InChI=1S/C26H31N7O2/c1-32-13-15-33(16-14-32)12-2-7-30-25(34)20-3-10-28-23(17-20)19-24-18-21(4-11-29-24)26(35)31-22-5-8-27-9-6-22/h3-6,8-11,17-18H,2,7,12-16,19H2,1H3,(H,30,34)(H,27,31,35). The zero-order valence-corrected chi connectivity index (χ0v) is 20.0. The minimum atomic E-state index is -0.225. The molecule has 9 heteroatoms. The summed E-state index contributed by atoms with van der Waals surface area (Å²) >= 11 is 0. The number of carbonyl (C=O) groups excluding carboxylic acids is 2. The highest BCUT2D eigenvalue weighted by Crippen LogP contribution is 2.12. The molecule has 1 aliphatic rings. The average molecular weight is 474 g/mol. The Balaban J connectivity index is 1.29. The summed E-state index contributed by atoms with van der Waals surface area (Å²) in [5.74, 6) is -0.331. The molecule has 182 valence electrons. The zero-order valence-electron chi connectivity index (χ0n) is 20.0. The molecule has 0 unspecified atom stereocenters. The van der Waals surface area contributed by atoms with Crippen LogP contribution < -0.4 is 10.6 Å². The molecule has 0 saturated carbocycles. The summed E-state index contributed by atoms with van der Waals surface area (Å²) in [4.78, 5) is 42.7. The molecule has 3 aromatic rings. The number of anilines is 1.